The molecule has 0 aliphatic heterocycles. The van der Waals surface area contributed by atoms with Gasteiger partial charge < -0.3 is 10.4 Å². The fourth-order valence-corrected chi connectivity index (χ4v) is 2.87. The Morgan fingerprint density at radius 2 is 1.92 bits per heavy atom. The summed E-state index contributed by atoms with van der Waals surface area (Å²) in [5.41, 5.74) is 1.96. The summed E-state index contributed by atoms with van der Waals surface area (Å²) in [7, 11) is 0. The fraction of sp³-hybridized carbons (Fsp3) is 0.286. The number of amides is 1. The van der Waals surface area contributed by atoms with Gasteiger partial charge in [-0.2, -0.15) is 0 Å². The molecule has 0 aliphatic rings. The summed E-state index contributed by atoms with van der Waals surface area (Å²) in [6.07, 6.45) is 4.60. The molecule has 0 radical (unpaired) electrons. The van der Waals surface area contributed by atoms with Gasteiger partial charge in [0.25, 0.3) is 5.91 Å². The Balaban J connectivity index is 2.00. The number of hydrogen-bond donors (Lipinski definition) is 2. The number of aromatic nitrogens is 2. The molecule has 2 N–H and O–H groups in total. The first-order valence-electron chi connectivity index (χ1n) is 8.87. The molecule has 2 aromatic heterocycles. The number of nitrogens with zero attached hydrogens (tertiary/aromatic N) is 2. The van der Waals surface area contributed by atoms with Crippen LogP contribution in [0.5, 0.6) is 0 Å². The highest BCUT2D eigenvalue weighted by atomic mass is 16.3. The van der Waals surface area contributed by atoms with Gasteiger partial charge in [0.15, 0.2) is 0 Å². The van der Waals surface area contributed by atoms with E-state index in [0.29, 0.717) is 24.1 Å². The number of benzene rings is 1. The summed E-state index contributed by atoms with van der Waals surface area (Å²) in [5.74, 6) is -0.214. The van der Waals surface area contributed by atoms with Crippen molar-refractivity contribution in [2.45, 2.75) is 32.3 Å². The molecule has 0 unspecified atom stereocenters. The van der Waals surface area contributed by atoms with E-state index >= 15 is 0 Å². The van der Waals surface area contributed by atoms with Gasteiger partial charge in [-0.05, 0) is 37.1 Å². The third-order valence-electron chi connectivity index (χ3n) is 4.81. The lowest BCUT2D eigenvalue weighted by molar-refractivity contribution is 0.0314. The van der Waals surface area contributed by atoms with Gasteiger partial charge in [0.1, 0.15) is 0 Å². The average molecular weight is 349 g/mol. The molecule has 3 rings (SSSR count). The van der Waals surface area contributed by atoms with Crippen LogP contribution in [0.2, 0.25) is 0 Å². The number of carbonyl (C=O) groups excluding carboxylic acids is 1. The molecule has 1 amide bonds. The summed E-state index contributed by atoms with van der Waals surface area (Å²) < 4.78 is 0. The van der Waals surface area contributed by atoms with E-state index in [1.165, 1.54) is 0 Å². The SMILES string of the molecule is CCC(O)(CC)CNC(=O)c1cc(-c2cccnc2)nc2ccccc12. The van der Waals surface area contributed by atoms with E-state index in [1.807, 2.05) is 50.2 Å². The van der Waals surface area contributed by atoms with Crippen LogP contribution in [0.15, 0.2) is 54.9 Å². The molecule has 0 saturated heterocycles. The van der Waals surface area contributed by atoms with Crippen LogP contribution < -0.4 is 5.32 Å². The quantitative estimate of drug-likeness (QED) is 0.713. The predicted molar refractivity (Wildman–Crippen MR) is 103 cm³/mol. The topological polar surface area (TPSA) is 75.1 Å². The summed E-state index contributed by atoms with van der Waals surface area (Å²) in [4.78, 5) is 21.6. The van der Waals surface area contributed by atoms with E-state index in [-0.39, 0.29) is 12.5 Å². The van der Waals surface area contributed by atoms with Crippen molar-refractivity contribution in [2.75, 3.05) is 6.54 Å². The molecule has 0 saturated carbocycles. The van der Waals surface area contributed by atoms with Gasteiger partial charge in [-0.3, -0.25) is 9.78 Å². The van der Waals surface area contributed by atoms with Crippen molar-refractivity contribution in [1.29, 1.82) is 0 Å². The third kappa shape index (κ3) is 3.73. The van der Waals surface area contributed by atoms with E-state index in [2.05, 4.69) is 15.3 Å². The number of hydrogen-bond acceptors (Lipinski definition) is 4. The van der Waals surface area contributed by atoms with Gasteiger partial charge >= 0.3 is 0 Å². The summed E-state index contributed by atoms with van der Waals surface area (Å²) in [6, 6.07) is 13.1. The highest BCUT2D eigenvalue weighted by Crippen LogP contribution is 2.24. The lowest BCUT2D eigenvalue weighted by Gasteiger charge is -2.25. The zero-order chi connectivity index (χ0) is 18.6. The predicted octanol–water partition coefficient (Wildman–Crippen LogP) is 3.58. The van der Waals surface area contributed by atoms with Crippen molar-refractivity contribution < 1.29 is 9.90 Å². The Morgan fingerprint density at radius 1 is 1.15 bits per heavy atom. The lowest BCUT2D eigenvalue weighted by atomic mass is 9.97. The number of para-hydroxylation sites is 1. The molecule has 5 nitrogen and oxygen atoms in total. The van der Waals surface area contributed by atoms with Crippen LogP contribution in [0.1, 0.15) is 37.0 Å². The molecule has 0 spiro atoms. The summed E-state index contributed by atoms with van der Waals surface area (Å²) >= 11 is 0. The second kappa shape index (κ2) is 7.62. The Hall–Kier alpha value is -2.79. The molecular weight excluding hydrogens is 326 g/mol. The average Bonchev–Trinajstić information content (AvgIpc) is 2.71. The van der Waals surface area contributed by atoms with Crippen LogP contribution >= 0.6 is 0 Å². The van der Waals surface area contributed by atoms with Gasteiger partial charge in [-0.15, -0.1) is 0 Å². The summed E-state index contributed by atoms with van der Waals surface area (Å²) in [6.45, 7) is 4.05. The zero-order valence-corrected chi connectivity index (χ0v) is 15.1. The first kappa shape index (κ1) is 18.0. The number of aliphatic hydroxyl groups is 1. The van der Waals surface area contributed by atoms with Gasteiger partial charge in [0.05, 0.1) is 22.4 Å². The van der Waals surface area contributed by atoms with E-state index in [0.717, 1.165) is 16.5 Å². The van der Waals surface area contributed by atoms with E-state index in [1.54, 1.807) is 18.5 Å². The van der Waals surface area contributed by atoms with Gasteiger partial charge in [-0.1, -0.05) is 32.0 Å². The molecule has 134 valence electrons. The Labute approximate surface area is 153 Å². The van der Waals surface area contributed by atoms with Crippen LogP contribution in [0.25, 0.3) is 22.2 Å². The van der Waals surface area contributed by atoms with Gasteiger partial charge in [0, 0.05) is 29.9 Å². The standard InChI is InChI=1S/C21H23N3O2/c1-3-21(26,4-2)14-23-20(25)17-12-19(15-8-7-11-22-13-15)24-18-10-6-5-9-16(17)18/h5-13,26H,3-4,14H2,1-2H3,(H,23,25). The monoisotopic (exact) mass is 349 g/mol. The maximum Gasteiger partial charge on any atom is 0.252 e. The minimum atomic E-state index is -0.884. The first-order valence-corrected chi connectivity index (χ1v) is 8.87. The molecule has 0 bridgehead atoms. The second-order valence-electron chi connectivity index (χ2n) is 6.43. The van der Waals surface area contributed by atoms with E-state index in [4.69, 9.17) is 0 Å². The number of rotatable bonds is 6. The number of carbonyl (C=O) groups is 1. The highest BCUT2D eigenvalue weighted by molar-refractivity contribution is 6.07. The zero-order valence-electron chi connectivity index (χ0n) is 15.1. The fourth-order valence-electron chi connectivity index (χ4n) is 2.87. The first-order chi connectivity index (χ1) is 12.6. The lowest BCUT2D eigenvalue weighted by Crippen LogP contribution is -2.42. The Bertz CT molecular complexity index is 906. The molecule has 26 heavy (non-hydrogen) atoms. The van der Waals surface area contributed by atoms with Gasteiger partial charge in [-0.25, -0.2) is 4.98 Å². The van der Waals surface area contributed by atoms with Gasteiger partial charge in [0.2, 0.25) is 0 Å². The smallest absolute Gasteiger partial charge is 0.252 e. The summed E-state index contributed by atoms with van der Waals surface area (Å²) in [5, 5.41) is 14.1. The van der Waals surface area contributed by atoms with Crippen molar-refractivity contribution in [3.8, 4) is 11.3 Å². The van der Waals surface area contributed by atoms with E-state index in [9.17, 15) is 9.90 Å². The molecule has 3 aromatic rings. The molecule has 0 fully saturated rings. The van der Waals surface area contributed by atoms with Crippen LogP contribution in [-0.2, 0) is 0 Å². The van der Waals surface area contributed by atoms with Crippen molar-refractivity contribution >= 4 is 16.8 Å². The largest absolute Gasteiger partial charge is 0.388 e. The molecule has 1 aromatic carbocycles. The number of nitrogens with one attached hydrogen (secondary N) is 1. The van der Waals surface area contributed by atoms with Crippen molar-refractivity contribution in [3.63, 3.8) is 0 Å². The highest BCUT2D eigenvalue weighted by Gasteiger charge is 2.23. The molecule has 0 aliphatic carbocycles. The molecule has 2 heterocycles. The Kier molecular flexibility index (Phi) is 5.28. The third-order valence-corrected chi connectivity index (χ3v) is 4.81. The minimum Gasteiger partial charge on any atom is -0.388 e. The van der Waals surface area contributed by atoms with E-state index < -0.39 is 5.60 Å². The normalized spacial score (nSPS) is 11.5. The van der Waals surface area contributed by atoms with Crippen molar-refractivity contribution in [1.82, 2.24) is 15.3 Å². The Morgan fingerprint density at radius 3 is 2.62 bits per heavy atom. The second-order valence-corrected chi connectivity index (χ2v) is 6.43. The number of fused-ring (bicyclic) bond motifs is 1. The van der Waals surface area contributed by atoms with Crippen LogP contribution in [-0.4, -0.2) is 33.1 Å². The van der Waals surface area contributed by atoms with Crippen LogP contribution in [0.3, 0.4) is 0 Å². The van der Waals surface area contributed by atoms with Crippen molar-refractivity contribution in [2.24, 2.45) is 0 Å². The minimum absolute atomic E-state index is 0.214. The molecular formula is C21H23N3O2. The maximum absolute atomic E-state index is 12.9. The van der Waals surface area contributed by atoms with Crippen LogP contribution in [0.4, 0.5) is 0 Å². The van der Waals surface area contributed by atoms with Crippen LogP contribution in [0, 0.1) is 0 Å². The maximum atomic E-state index is 12.9. The molecule has 5 heteroatoms. The number of pyridine rings is 2. The van der Waals surface area contributed by atoms with Crippen molar-refractivity contribution in [3.05, 3.63) is 60.4 Å². The molecule has 0 atom stereocenters.